The van der Waals surface area contributed by atoms with Crippen molar-refractivity contribution in [2.75, 3.05) is 0 Å². The van der Waals surface area contributed by atoms with Crippen molar-refractivity contribution in [2.45, 2.75) is 143 Å². The summed E-state index contributed by atoms with van der Waals surface area (Å²) in [6, 6.07) is 0. The zero-order valence-corrected chi connectivity index (χ0v) is 24.9. The van der Waals surface area contributed by atoms with Gasteiger partial charge in [0.2, 0.25) is 0 Å². The number of esters is 1. The van der Waals surface area contributed by atoms with Crippen molar-refractivity contribution in [1.82, 2.24) is 0 Å². The van der Waals surface area contributed by atoms with E-state index in [4.69, 9.17) is 9.47 Å². The Labute approximate surface area is 229 Å². The minimum Gasteiger partial charge on any atom is -0.457 e. The summed E-state index contributed by atoms with van der Waals surface area (Å²) in [7, 11) is 0. The van der Waals surface area contributed by atoms with Crippen LogP contribution in [0.1, 0.15) is 107 Å². The average molecular weight is 533 g/mol. The molecule has 6 aliphatic rings. The highest BCUT2D eigenvalue weighted by atomic mass is 16.6. The number of carbonyl (C=O) groups excluding carboxylic acids is 1. The molecule has 216 valence electrons. The van der Waals surface area contributed by atoms with Gasteiger partial charge in [0.05, 0.1) is 30.0 Å². The van der Waals surface area contributed by atoms with Crippen LogP contribution < -0.4 is 0 Å². The molecule has 0 radical (unpaired) electrons. The second-order valence-corrected chi connectivity index (χ2v) is 16.3. The van der Waals surface area contributed by atoms with Crippen LogP contribution in [0.5, 0.6) is 0 Å². The van der Waals surface area contributed by atoms with E-state index in [1.165, 1.54) is 19.8 Å². The van der Waals surface area contributed by atoms with E-state index in [1.807, 2.05) is 0 Å². The fraction of sp³-hybridized carbons (Fsp3) is 0.969. The summed E-state index contributed by atoms with van der Waals surface area (Å²) in [4.78, 5) is 11.9. The van der Waals surface area contributed by atoms with Crippen LogP contribution in [0.3, 0.4) is 0 Å². The molecule has 5 aliphatic carbocycles. The topological polar surface area (TPSA) is 96.2 Å². The Balaban J connectivity index is 1.35. The molecule has 2 spiro atoms. The highest BCUT2D eigenvalue weighted by molar-refractivity contribution is 5.66. The number of hydrogen-bond acceptors (Lipinski definition) is 6. The molecule has 0 amide bonds. The van der Waals surface area contributed by atoms with Crippen LogP contribution >= 0.6 is 0 Å². The lowest BCUT2D eigenvalue weighted by Gasteiger charge is -2.63. The number of carbonyl (C=O) groups is 1. The SMILES string of the molecule is CC(=O)O[C@@H]([C@H]1C[C@@H](C)[C@H]2[C@H](O1)[C@H](O)[C@@]1(C)[C@@H]3CC[C@H]4C(C)(C)C(O)CC[C@@]45C[C@@]35CC[C@]21C)C(C)(C)O. The molecule has 1 aliphatic heterocycles. The maximum atomic E-state index is 12.3. The van der Waals surface area contributed by atoms with Gasteiger partial charge in [0.1, 0.15) is 0 Å². The second-order valence-electron chi connectivity index (χ2n) is 16.3. The van der Waals surface area contributed by atoms with E-state index in [0.717, 1.165) is 32.1 Å². The minimum absolute atomic E-state index is 0.0383. The van der Waals surface area contributed by atoms with Crippen molar-refractivity contribution in [2.24, 2.45) is 50.7 Å². The standard InChI is InChI=1S/C32H52O6/c1-17-15-19(26(28(5,6)36)37-18(2)33)38-24-23(17)29(7)13-14-32-16-31(32)12-11-22(34)27(3,4)20(31)9-10-21(32)30(29,8)25(24)35/h17,19-26,34-36H,9-16H2,1-8H3/t17-,19-,20+,21+,22?,23+,24+,25+,26+,29-,30-,31-,32+/m1/s1. The van der Waals surface area contributed by atoms with Gasteiger partial charge in [-0.3, -0.25) is 4.79 Å². The van der Waals surface area contributed by atoms with Crippen molar-refractivity contribution in [3.63, 3.8) is 0 Å². The van der Waals surface area contributed by atoms with Crippen molar-refractivity contribution in [3.8, 4) is 0 Å². The van der Waals surface area contributed by atoms with Gasteiger partial charge in [-0.25, -0.2) is 0 Å². The summed E-state index contributed by atoms with van der Waals surface area (Å²) in [5.41, 5.74) is -1.01. The van der Waals surface area contributed by atoms with Crippen molar-refractivity contribution >= 4 is 5.97 Å². The summed E-state index contributed by atoms with van der Waals surface area (Å²) < 4.78 is 12.4. The molecule has 3 N–H and O–H groups in total. The van der Waals surface area contributed by atoms with Gasteiger partial charge in [-0.05, 0) is 111 Å². The zero-order chi connectivity index (χ0) is 27.8. The third-order valence-corrected chi connectivity index (χ3v) is 14.1. The lowest BCUT2D eigenvalue weighted by molar-refractivity contribution is -0.216. The summed E-state index contributed by atoms with van der Waals surface area (Å²) in [6.45, 7) is 16.4. The van der Waals surface area contributed by atoms with Gasteiger partial charge in [0, 0.05) is 12.3 Å². The number of aliphatic hydroxyl groups excluding tert-OH is 2. The molecule has 1 saturated heterocycles. The van der Waals surface area contributed by atoms with Gasteiger partial charge in [0.25, 0.3) is 0 Å². The van der Waals surface area contributed by atoms with Gasteiger partial charge < -0.3 is 24.8 Å². The van der Waals surface area contributed by atoms with Crippen LogP contribution in [0.15, 0.2) is 0 Å². The summed E-state index contributed by atoms with van der Waals surface area (Å²) in [6.07, 6.45) is 6.19. The second kappa shape index (κ2) is 7.98. The molecule has 5 saturated carbocycles. The molecular formula is C32H52O6. The van der Waals surface area contributed by atoms with E-state index in [-0.39, 0.29) is 45.7 Å². The highest BCUT2D eigenvalue weighted by Gasteiger charge is 2.84. The molecule has 0 aromatic rings. The Kier molecular flexibility index (Phi) is 5.77. The first-order valence-electron chi connectivity index (χ1n) is 15.4. The Morgan fingerprint density at radius 3 is 2.26 bits per heavy atom. The Hall–Kier alpha value is -0.690. The van der Waals surface area contributed by atoms with Crippen molar-refractivity contribution in [3.05, 3.63) is 0 Å². The van der Waals surface area contributed by atoms with Gasteiger partial charge in [-0.15, -0.1) is 0 Å². The quantitative estimate of drug-likeness (QED) is 0.449. The maximum absolute atomic E-state index is 12.3. The van der Waals surface area contributed by atoms with E-state index in [2.05, 4.69) is 34.6 Å². The predicted molar refractivity (Wildman–Crippen MR) is 144 cm³/mol. The minimum atomic E-state index is -1.24. The zero-order valence-electron chi connectivity index (χ0n) is 24.9. The van der Waals surface area contributed by atoms with Gasteiger partial charge in [-0.1, -0.05) is 34.6 Å². The first kappa shape index (κ1) is 27.5. The third-order valence-electron chi connectivity index (χ3n) is 14.1. The Morgan fingerprint density at radius 2 is 1.63 bits per heavy atom. The molecule has 6 fully saturated rings. The smallest absolute Gasteiger partial charge is 0.303 e. The van der Waals surface area contributed by atoms with Crippen LogP contribution in [-0.4, -0.2) is 57.4 Å². The monoisotopic (exact) mass is 532 g/mol. The number of rotatable bonds is 3. The lowest BCUT2D eigenvalue weighted by Crippen LogP contribution is -2.59. The van der Waals surface area contributed by atoms with Crippen LogP contribution in [0, 0.1) is 50.7 Å². The molecule has 38 heavy (non-hydrogen) atoms. The van der Waals surface area contributed by atoms with Gasteiger partial charge in [0.15, 0.2) is 6.10 Å². The number of ether oxygens (including phenoxy) is 2. The number of fused-ring (bicyclic) bond motifs is 4. The fourth-order valence-electron chi connectivity index (χ4n) is 12.4. The predicted octanol–water partition coefficient (Wildman–Crippen LogP) is 4.86. The van der Waals surface area contributed by atoms with Crippen LogP contribution in [-0.2, 0) is 14.3 Å². The van der Waals surface area contributed by atoms with E-state index < -0.39 is 29.9 Å². The molecule has 1 heterocycles. The average Bonchev–Trinajstić information content (AvgIpc) is 3.44. The molecular weight excluding hydrogens is 480 g/mol. The summed E-state index contributed by atoms with van der Waals surface area (Å²) >= 11 is 0. The molecule has 1 unspecified atom stereocenters. The van der Waals surface area contributed by atoms with Gasteiger partial charge in [-0.2, -0.15) is 0 Å². The normalized spacial score (nSPS) is 55.4. The molecule has 0 bridgehead atoms. The van der Waals surface area contributed by atoms with E-state index in [0.29, 0.717) is 23.7 Å². The first-order valence-corrected chi connectivity index (χ1v) is 15.4. The Bertz CT molecular complexity index is 1000. The maximum Gasteiger partial charge on any atom is 0.303 e. The van der Waals surface area contributed by atoms with E-state index in [1.54, 1.807) is 13.8 Å². The summed E-state index contributed by atoms with van der Waals surface area (Å²) in [5, 5.41) is 34.2. The van der Waals surface area contributed by atoms with Crippen LogP contribution in [0.25, 0.3) is 0 Å². The first-order chi connectivity index (χ1) is 17.5. The molecule has 6 nitrogen and oxygen atoms in total. The van der Waals surface area contributed by atoms with E-state index >= 15 is 0 Å². The fourth-order valence-corrected chi connectivity index (χ4v) is 12.4. The largest absolute Gasteiger partial charge is 0.457 e. The van der Waals surface area contributed by atoms with Crippen LogP contribution in [0.2, 0.25) is 0 Å². The number of aliphatic hydroxyl groups is 3. The molecule has 13 atom stereocenters. The number of hydrogen-bond donors (Lipinski definition) is 3. The molecule has 0 aromatic carbocycles. The van der Waals surface area contributed by atoms with E-state index in [9.17, 15) is 20.1 Å². The molecule has 6 rings (SSSR count). The van der Waals surface area contributed by atoms with Crippen LogP contribution in [0.4, 0.5) is 0 Å². The molecule has 0 aromatic heterocycles. The van der Waals surface area contributed by atoms with Gasteiger partial charge >= 0.3 is 5.97 Å². The van der Waals surface area contributed by atoms with Crippen molar-refractivity contribution < 1.29 is 29.6 Å². The van der Waals surface area contributed by atoms with Crippen molar-refractivity contribution in [1.29, 1.82) is 0 Å². The lowest BCUT2D eigenvalue weighted by atomic mass is 9.41. The summed E-state index contributed by atoms with van der Waals surface area (Å²) in [5.74, 6) is 1.09. The third kappa shape index (κ3) is 3.13. The Morgan fingerprint density at radius 1 is 1.00 bits per heavy atom. The highest BCUT2D eigenvalue weighted by Crippen LogP contribution is 2.89. The molecule has 6 heteroatoms.